The van der Waals surface area contributed by atoms with Crippen LogP contribution < -0.4 is 0 Å². The largest absolute Gasteiger partial charge is 0.460 e. The molecule has 0 fully saturated rings. The van der Waals surface area contributed by atoms with E-state index in [1.807, 2.05) is 0 Å². The fourth-order valence-corrected chi connectivity index (χ4v) is 1.25. The average Bonchev–Trinajstić information content (AvgIpc) is 2.26. The fraction of sp³-hybridized carbons (Fsp3) is 0.200. The lowest BCUT2D eigenvalue weighted by atomic mass is 10.1. The minimum Gasteiger partial charge on any atom is -0.460 e. The van der Waals surface area contributed by atoms with Crippen molar-refractivity contribution in [2.75, 3.05) is 6.61 Å². The summed E-state index contributed by atoms with van der Waals surface area (Å²) in [6.07, 6.45) is 0. The van der Waals surface area contributed by atoms with Gasteiger partial charge in [0.1, 0.15) is 0 Å². The predicted molar refractivity (Wildman–Crippen MR) is 52.3 cm³/mol. The molecule has 0 saturated heterocycles. The quantitative estimate of drug-likeness (QED) is 0.357. The molecule has 0 atom stereocenters. The fourth-order valence-electron chi connectivity index (χ4n) is 1.01. The number of ketones is 1. The number of carbonyl (C=O) groups excluding carboxylic acids is 2. The van der Waals surface area contributed by atoms with Gasteiger partial charge in [0.2, 0.25) is 0 Å². The molecule has 1 rings (SSSR count). The number of esters is 1. The first-order valence-electron chi connectivity index (χ1n) is 4.34. The Morgan fingerprint density at radius 1 is 1.38 bits per heavy atom. The molecule has 1 aromatic rings. The maximum Gasteiger partial charge on any atom is 0.379 e. The molecule has 86 valence electrons. The van der Waals surface area contributed by atoms with E-state index in [2.05, 4.69) is 4.74 Å². The van der Waals surface area contributed by atoms with Crippen LogP contribution in [-0.4, -0.2) is 18.4 Å². The first-order chi connectivity index (χ1) is 7.49. The highest BCUT2D eigenvalue weighted by atomic mass is 35.5. The van der Waals surface area contributed by atoms with Gasteiger partial charge in [0.15, 0.2) is 11.6 Å². The molecular weight excluding hydrogens is 242 g/mol. The third kappa shape index (κ3) is 2.36. The Hall–Kier alpha value is -1.49. The van der Waals surface area contributed by atoms with Crippen molar-refractivity contribution in [1.82, 2.24) is 0 Å². The molecule has 0 radical (unpaired) electrons. The SMILES string of the molecule is CCOC(=O)C(=O)c1ccc(F)c(F)c1Cl. The highest BCUT2D eigenvalue weighted by Gasteiger charge is 2.23. The monoisotopic (exact) mass is 248 g/mol. The Balaban J connectivity index is 3.10. The summed E-state index contributed by atoms with van der Waals surface area (Å²) in [5, 5.41) is -0.724. The molecule has 0 amide bonds. The Morgan fingerprint density at radius 2 is 2.00 bits per heavy atom. The van der Waals surface area contributed by atoms with Gasteiger partial charge in [0, 0.05) is 0 Å². The van der Waals surface area contributed by atoms with E-state index in [0.717, 1.165) is 6.07 Å². The third-order valence-electron chi connectivity index (χ3n) is 1.74. The van der Waals surface area contributed by atoms with E-state index < -0.39 is 34.0 Å². The number of carbonyl (C=O) groups is 2. The zero-order valence-electron chi connectivity index (χ0n) is 8.22. The van der Waals surface area contributed by atoms with Crippen molar-refractivity contribution < 1.29 is 23.1 Å². The van der Waals surface area contributed by atoms with Crippen LogP contribution in [0, 0.1) is 11.6 Å². The molecular formula is C10H7ClF2O3. The summed E-state index contributed by atoms with van der Waals surface area (Å²) in [5.74, 6) is -4.82. The van der Waals surface area contributed by atoms with Gasteiger partial charge >= 0.3 is 5.97 Å². The van der Waals surface area contributed by atoms with Gasteiger partial charge in [0.25, 0.3) is 5.78 Å². The number of rotatable bonds is 3. The van der Waals surface area contributed by atoms with Crippen LogP contribution in [0.2, 0.25) is 5.02 Å². The number of benzene rings is 1. The standard InChI is InChI=1S/C10H7ClF2O3/c1-2-16-10(15)9(14)5-3-4-6(12)8(13)7(5)11/h3-4H,2H2,1H3. The molecule has 6 heteroatoms. The molecule has 3 nitrogen and oxygen atoms in total. The lowest BCUT2D eigenvalue weighted by Gasteiger charge is -2.04. The van der Waals surface area contributed by atoms with E-state index in [1.54, 1.807) is 0 Å². The summed E-state index contributed by atoms with van der Waals surface area (Å²) >= 11 is 5.39. The molecule has 0 aliphatic heterocycles. The third-order valence-corrected chi connectivity index (χ3v) is 2.11. The number of ether oxygens (including phenoxy) is 1. The van der Waals surface area contributed by atoms with Crippen molar-refractivity contribution in [3.63, 3.8) is 0 Å². The maximum absolute atomic E-state index is 13.0. The highest BCUT2D eigenvalue weighted by molar-refractivity contribution is 6.45. The van der Waals surface area contributed by atoms with Crippen molar-refractivity contribution in [3.8, 4) is 0 Å². The van der Waals surface area contributed by atoms with Crippen LogP contribution in [0.4, 0.5) is 8.78 Å². The summed E-state index contributed by atoms with van der Waals surface area (Å²) in [6.45, 7) is 1.52. The predicted octanol–water partition coefficient (Wildman–Crippen LogP) is 2.36. The zero-order chi connectivity index (χ0) is 12.3. The second-order valence-corrected chi connectivity index (χ2v) is 3.15. The summed E-state index contributed by atoms with van der Waals surface area (Å²) in [6, 6.07) is 1.65. The van der Waals surface area contributed by atoms with Gasteiger partial charge < -0.3 is 4.74 Å². The summed E-state index contributed by atoms with van der Waals surface area (Å²) in [4.78, 5) is 22.4. The minimum atomic E-state index is -1.36. The second kappa shape index (κ2) is 5.03. The Labute approximate surface area is 95.0 Å². The van der Waals surface area contributed by atoms with Gasteiger partial charge in [-0.3, -0.25) is 4.79 Å². The number of halogens is 3. The van der Waals surface area contributed by atoms with Crippen LogP contribution in [0.25, 0.3) is 0 Å². The van der Waals surface area contributed by atoms with Gasteiger partial charge in [0.05, 0.1) is 17.2 Å². The smallest absolute Gasteiger partial charge is 0.379 e. The summed E-state index contributed by atoms with van der Waals surface area (Å²) in [5.41, 5.74) is -0.418. The van der Waals surface area contributed by atoms with Gasteiger partial charge in [-0.05, 0) is 19.1 Å². The molecule has 0 bridgehead atoms. The van der Waals surface area contributed by atoms with Crippen LogP contribution in [0.15, 0.2) is 12.1 Å². The normalized spacial score (nSPS) is 10.0. The minimum absolute atomic E-state index is 0.00582. The molecule has 0 heterocycles. The molecule has 0 aliphatic carbocycles. The van der Waals surface area contributed by atoms with Crippen LogP contribution in [0.3, 0.4) is 0 Å². The van der Waals surface area contributed by atoms with Crippen LogP contribution >= 0.6 is 11.6 Å². The molecule has 0 unspecified atom stereocenters. The van der Waals surface area contributed by atoms with Crippen LogP contribution in [0.5, 0.6) is 0 Å². The van der Waals surface area contributed by atoms with Gasteiger partial charge in [-0.1, -0.05) is 11.6 Å². The Bertz CT molecular complexity index is 446. The van der Waals surface area contributed by atoms with Crippen molar-refractivity contribution in [2.45, 2.75) is 6.92 Å². The first kappa shape index (κ1) is 12.6. The van der Waals surface area contributed by atoms with Gasteiger partial charge in [-0.15, -0.1) is 0 Å². The number of hydrogen-bond acceptors (Lipinski definition) is 3. The summed E-state index contributed by atoms with van der Waals surface area (Å²) in [7, 11) is 0. The van der Waals surface area contributed by atoms with Crippen molar-refractivity contribution in [3.05, 3.63) is 34.4 Å². The molecule has 0 spiro atoms. The molecule has 0 aromatic heterocycles. The van der Waals surface area contributed by atoms with Crippen LogP contribution in [-0.2, 0) is 9.53 Å². The molecule has 0 saturated carbocycles. The summed E-state index contributed by atoms with van der Waals surface area (Å²) < 4.78 is 30.1. The van der Waals surface area contributed by atoms with Crippen molar-refractivity contribution in [2.24, 2.45) is 0 Å². The lowest BCUT2D eigenvalue weighted by molar-refractivity contribution is -0.137. The average molecular weight is 249 g/mol. The zero-order valence-corrected chi connectivity index (χ0v) is 8.98. The molecule has 1 aromatic carbocycles. The van der Waals surface area contributed by atoms with Crippen molar-refractivity contribution in [1.29, 1.82) is 0 Å². The Kier molecular flexibility index (Phi) is 3.95. The van der Waals surface area contributed by atoms with E-state index >= 15 is 0 Å². The second-order valence-electron chi connectivity index (χ2n) is 2.77. The van der Waals surface area contributed by atoms with E-state index in [-0.39, 0.29) is 6.61 Å². The maximum atomic E-state index is 13.0. The van der Waals surface area contributed by atoms with E-state index in [0.29, 0.717) is 6.07 Å². The topological polar surface area (TPSA) is 43.4 Å². The molecule has 16 heavy (non-hydrogen) atoms. The Morgan fingerprint density at radius 3 is 2.56 bits per heavy atom. The van der Waals surface area contributed by atoms with Crippen LogP contribution in [0.1, 0.15) is 17.3 Å². The molecule has 0 N–H and O–H groups in total. The first-order valence-corrected chi connectivity index (χ1v) is 4.71. The highest BCUT2D eigenvalue weighted by Crippen LogP contribution is 2.23. The number of Topliss-reactive ketones (excluding diaryl/α,β-unsaturated/α-hetero) is 1. The van der Waals surface area contributed by atoms with Gasteiger partial charge in [-0.2, -0.15) is 0 Å². The van der Waals surface area contributed by atoms with E-state index in [9.17, 15) is 18.4 Å². The van der Waals surface area contributed by atoms with E-state index in [1.165, 1.54) is 6.92 Å². The lowest BCUT2D eigenvalue weighted by Crippen LogP contribution is -2.18. The van der Waals surface area contributed by atoms with Gasteiger partial charge in [-0.25, -0.2) is 13.6 Å². The number of hydrogen-bond donors (Lipinski definition) is 0. The van der Waals surface area contributed by atoms with Crippen molar-refractivity contribution >= 4 is 23.4 Å². The van der Waals surface area contributed by atoms with E-state index in [4.69, 9.17) is 11.6 Å². The molecule has 0 aliphatic rings.